The van der Waals surface area contributed by atoms with Gasteiger partial charge in [0.25, 0.3) is 0 Å². The molecule has 1 N–H and O–H groups in total. The zero-order valence-electron chi connectivity index (χ0n) is 12.2. The van der Waals surface area contributed by atoms with E-state index in [-0.39, 0.29) is 23.7 Å². The average Bonchev–Trinajstić information content (AvgIpc) is 2.96. The van der Waals surface area contributed by atoms with Gasteiger partial charge in [0.15, 0.2) is 0 Å². The molecule has 1 amide bonds. The number of likely N-dealkylation sites (tertiary alicyclic amines) is 1. The lowest BCUT2D eigenvalue weighted by atomic mass is 9.81. The summed E-state index contributed by atoms with van der Waals surface area (Å²) in [7, 11) is 0. The van der Waals surface area contributed by atoms with Crippen LogP contribution in [0.15, 0.2) is 12.2 Å². The molecule has 20 heavy (non-hydrogen) atoms. The van der Waals surface area contributed by atoms with E-state index >= 15 is 0 Å². The topological polar surface area (TPSA) is 57.6 Å². The molecule has 1 heterocycles. The van der Waals surface area contributed by atoms with Gasteiger partial charge in [-0.25, -0.2) is 0 Å². The highest BCUT2D eigenvalue weighted by Gasteiger charge is 2.52. The fourth-order valence-corrected chi connectivity index (χ4v) is 4.55. The first-order chi connectivity index (χ1) is 9.47. The summed E-state index contributed by atoms with van der Waals surface area (Å²) in [4.78, 5) is 26.3. The Morgan fingerprint density at radius 3 is 2.10 bits per heavy atom. The minimum atomic E-state index is -0.807. The van der Waals surface area contributed by atoms with Gasteiger partial charge < -0.3 is 10.0 Å². The van der Waals surface area contributed by atoms with E-state index in [0.29, 0.717) is 11.8 Å². The third-order valence-corrected chi connectivity index (χ3v) is 5.21. The van der Waals surface area contributed by atoms with Crippen LogP contribution in [-0.2, 0) is 9.59 Å². The Labute approximate surface area is 119 Å². The SMILES string of the molecule is CC1CC(C)CN(C(=O)C2C3C=CC(C3)C2C(=O)O)C1. The smallest absolute Gasteiger partial charge is 0.307 e. The van der Waals surface area contributed by atoms with Crippen molar-refractivity contribution in [3.05, 3.63) is 12.2 Å². The number of nitrogens with zero attached hydrogens (tertiary/aromatic N) is 1. The Bertz CT molecular complexity index is 449. The maximum atomic E-state index is 12.8. The number of fused-ring (bicyclic) bond motifs is 2. The normalized spacial score (nSPS) is 43.0. The van der Waals surface area contributed by atoms with Gasteiger partial charge in [-0.05, 0) is 36.5 Å². The first-order valence-corrected chi connectivity index (χ1v) is 7.67. The van der Waals surface area contributed by atoms with Gasteiger partial charge in [-0.2, -0.15) is 0 Å². The number of allylic oxidation sites excluding steroid dienone is 2. The molecular formula is C16H23NO3. The van der Waals surface area contributed by atoms with Crippen molar-refractivity contribution in [3.8, 4) is 0 Å². The molecule has 4 nitrogen and oxygen atoms in total. The minimum Gasteiger partial charge on any atom is -0.481 e. The molecule has 2 fully saturated rings. The predicted octanol–water partition coefficient (Wildman–Crippen LogP) is 2.01. The van der Waals surface area contributed by atoms with Gasteiger partial charge in [-0.3, -0.25) is 9.59 Å². The number of aliphatic carboxylic acids is 1. The number of hydrogen-bond acceptors (Lipinski definition) is 2. The van der Waals surface area contributed by atoms with E-state index in [4.69, 9.17) is 0 Å². The lowest BCUT2D eigenvalue weighted by Crippen LogP contribution is -2.48. The molecule has 0 spiro atoms. The van der Waals surface area contributed by atoms with Gasteiger partial charge >= 0.3 is 5.97 Å². The Hall–Kier alpha value is -1.32. The van der Waals surface area contributed by atoms with Crippen molar-refractivity contribution in [1.82, 2.24) is 4.90 Å². The number of carbonyl (C=O) groups excluding carboxylic acids is 1. The Morgan fingerprint density at radius 1 is 1.00 bits per heavy atom. The highest BCUT2D eigenvalue weighted by Crippen LogP contribution is 2.49. The second-order valence-electron chi connectivity index (χ2n) is 7.03. The Morgan fingerprint density at radius 2 is 1.55 bits per heavy atom. The quantitative estimate of drug-likeness (QED) is 0.786. The fraction of sp³-hybridized carbons (Fsp3) is 0.750. The summed E-state index contributed by atoms with van der Waals surface area (Å²) in [6, 6.07) is 0. The number of hydrogen-bond donors (Lipinski definition) is 1. The summed E-state index contributed by atoms with van der Waals surface area (Å²) in [6.45, 7) is 5.91. The lowest BCUT2D eigenvalue weighted by Gasteiger charge is -2.38. The lowest BCUT2D eigenvalue weighted by molar-refractivity contribution is -0.152. The van der Waals surface area contributed by atoms with Gasteiger partial charge in [0.05, 0.1) is 11.8 Å². The standard InChI is InChI=1S/C16H23NO3/c1-9-5-10(2)8-17(7-9)15(18)13-11-3-4-12(6-11)14(13)16(19)20/h3-4,9-14H,5-8H2,1-2H3,(H,19,20). The van der Waals surface area contributed by atoms with Crippen molar-refractivity contribution >= 4 is 11.9 Å². The highest BCUT2D eigenvalue weighted by molar-refractivity contribution is 5.87. The van der Waals surface area contributed by atoms with Crippen molar-refractivity contribution in [3.63, 3.8) is 0 Å². The number of piperidine rings is 1. The molecule has 2 bridgehead atoms. The van der Waals surface area contributed by atoms with Crippen LogP contribution in [0.4, 0.5) is 0 Å². The van der Waals surface area contributed by atoms with Crippen LogP contribution in [0.1, 0.15) is 26.7 Å². The summed E-state index contributed by atoms with van der Waals surface area (Å²) in [5, 5.41) is 9.45. The molecule has 6 unspecified atom stereocenters. The Balaban J connectivity index is 1.79. The maximum absolute atomic E-state index is 12.8. The second kappa shape index (κ2) is 4.90. The molecular weight excluding hydrogens is 254 g/mol. The van der Waals surface area contributed by atoms with Gasteiger partial charge in [0.1, 0.15) is 0 Å². The van der Waals surface area contributed by atoms with E-state index < -0.39 is 11.9 Å². The number of carboxylic acids is 1. The maximum Gasteiger partial charge on any atom is 0.307 e. The van der Waals surface area contributed by atoms with Crippen molar-refractivity contribution in [2.45, 2.75) is 26.7 Å². The zero-order chi connectivity index (χ0) is 14.4. The van der Waals surface area contributed by atoms with Crippen molar-refractivity contribution in [2.24, 2.45) is 35.5 Å². The molecule has 1 aliphatic heterocycles. The molecule has 2 aliphatic carbocycles. The van der Waals surface area contributed by atoms with Crippen LogP contribution in [0, 0.1) is 35.5 Å². The first-order valence-electron chi connectivity index (χ1n) is 7.67. The van der Waals surface area contributed by atoms with Gasteiger partial charge in [0.2, 0.25) is 5.91 Å². The summed E-state index contributed by atoms with van der Waals surface area (Å²) in [5.41, 5.74) is 0. The average molecular weight is 277 g/mol. The molecule has 0 aromatic carbocycles. The fourth-order valence-electron chi connectivity index (χ4n) is 4.55. The molecule has 3 rings (SSSR count). The third-order valence-electron chi connectivity index (χ3n) is 5.21. The van der Waals surface area contributed by atoms with Crippen LogP contribution in [0.5, 0.6) is 0 Å². The van der Waals surface area contributed by atoms with E-state index in [1.165, 1.54) is 0 Å². The second-order valence-corrected chi connectivity index (χ2v) is 7.03. The molecule has 0 radical (unpaired) electrons. The van der Waals surface area contributed by atoms with Gasteiger partial charge in [-0.15, -0.1) is 0 Å². The molecule has 110 valence electrons. The highest BCUT2D eigenvalue weighted by atomic mass is 16.4. The Kier molecular flexibility index (Phi) is 3.35. The zero-order valence-corrected chi connectivity index (χ0v) is 12.2. The van der Waals surface area contributed by atoms with Crippen LogP contribution in [0.2, 0.25) is 0 Å². The third kappa shape index (κ3) is 2.15. The summed E-state index contributed by atoms with van der Waals surface area (Å²) >= 11 is 0. The van der Waals surface area contributed by atoms with E-state index in [9.17, 15) is 14.7 Å². The summed E-state index contributed by atoms with van der Waals surface area (Å²) in [6.07, 6.45) is 6.05. The predicted molar refractivity (Wildman–Crippen MR) is 74.9 cm³/mol. The van der Waals surface area contributed by atoms with Crippen LogP contribution >= 0.6 is 0 Å². The van der Waals surface area contributed by atoms with E-state index in [0.717, 1.165) is 25.9 Å². The summed E-state index contributed by atoms with van der Waals surface area (Å²) in [5.74, 6) is -0.344. The van der Waals surface area contributed by atoms with E-state index in [1.807, 2.05) is 11.0 Å². The van der Waals surface area contributed by atoms with Crippen LogP contribution in [-0.4, -0.2) is 35.0 Å². The molecule has 0 aromatic heterocycles. The number of carboxylic acid groups (broad SMARTS) is 1. The minimum absolute atomic E-state index is 0.0612. The van der Waals surface area contributed by atoms with E-state index in [2.05, 4.69) is 19.9 Å². The van der Waals surface area contributed by atoms with Gasteiger partial charge in [0, 0.05) is 13.1 Å². The first kappa shape index (κ1) is 13.7. The number of carbonyl (C=O) groups is 2. The number of rotatable bonds is 2. The van der Waals surface area contributed by atoms with Crippen LogP contribution in [0.25, 0.3) is 0 Å². The van der Waals surface area contributed by atoms with Crippen molar-refractivity contribution in [2.75, 3.05) is 13.1 Å². The van der Waals surface area contributed by atoms with Crippen molar-refractivity contribution < 1.29 is 14.7 Å². The van der Waals surface area contributed by atoms with E-state index in [1.54, 1.807) is 0 Å². The number of amides is 1. The van der Waals surface area contributed by atoms with Crippen LogP contribution < -0.4 is 0 Å². The van der Waals surface area contributed by atoms with Gasteiger partial charge in [-0.1, -0.05) is 26.0 Å². The molecule has 4 heteroatoms. The van der Waals surface area contributed by atoms with Crippen molar-refractivity contribution in [1.29, 1.82) is 0 Å². The monoisotopic (exact) mass is 277 g/mol. The largest absolute Gasteiger partial charge is 0.481 e. The summed E-state index contributed by atoms with van der Waals surface area (Å²) < 4.78 is 0. The van der Waals surface area contributed by atoms with Crippen LogP contribution in [0.3, 0.4) is 0 Å². The molecule has 0 aromatic rings. The molecule has 3 aliphatic rings. The molecule has 1 saturated carbocycles. The molecule has 1 saturated heterocycles. The molecule has 6 atom stereocenters.